The number of carbonyl (C=O) groups excluding carboxylic acids is 2. The number of hydrogen-bond acceptors (Lipinski definition) is 5. The lowest BCUT2D eigenvalue weighted by Crippen LogP contribution is -2.14. The largest absolute Gasteiger partial charge is 0.459 e. The molecule has 0 aliphatic carbocycles. The second-order valence-electron chi connectivity index (χ2n) is 7.59. The van der Waals surface area contributed by atoms with E-state index in [1.54, 1.807) is 61.6 Å². The van der Waals surface area contributed by atoms with E-state index in [-0.39, 0.29) is 12.0 Å². The van der Waals surface area contributed by atoms with Gasteiger partial charge in [0.15, 0.2) is 0 Å². The van der Waals surface area contributed by atoms with Crippen molar-refractivity contribution in [2.24, 2.45) is 0 Å². The van der Waals surface area contributed by atoms with Crippen molar-refractivity contribution in [1.82, 2.24) is 4.98 Å². The highest BCUT2D eigenvalue weighted by molar-refractivity contribution is 7.13. The molecule has 2 aromatic heterocycles. The molecular weight excluding hydrogens is 444 g/mol. The maximum Gasteiger partial charge on any atom is 0.338 e. The molecular formula is C25H21ClN2O3S. The molecule has 4 rings (SSSR count). The summed E-state index contributed by atoms with van der Waals surface area (Å²) in [5.41, 5.74) is 3.74. The molecule has 0 bridgehead atoms. The number of hydrogen-bond donors (Lipinski definition) is 1. The zero-order chi connectivity index (χ0) is 22.8. The summed E-state index contributed by atoms with van der Waals surface area (Å²) < 4.78 is 5.20. The minimum atomic E-state index is -0.397. The number of benzene rings is 2. The molecule has 32 heavy (non-hydrogen) atoms. The third-order valence-corrected chi connectivity index (χ3v) is 6.21. The Balaban J connectivity index is 1.69. The number of thiophene rings is 1. The van der Waals surface area contributed by atoms with Crippen molar-refractivity contribution in [1.29, 1.82) is 0 Å². The van der Waals surface area contributed by atoms with E-state index in [1.165, 1.54) is 0 Å². The maximum absolute atomic E-state index is 13.3. The Hall–Kier alpha value is -3.22. The number of carbonyl (C=O) groups is 2. The molecule has 4 aromatic rings. The van der Waals surface area contributed by atoms with Crippen molar-refractivity contribution >= 4 is 51.4 Å². The normalized spacial score (nSPS) is 11.0. The van der Waals surface area contributed by atoms with Gasteiger partial charge < -0.3 is 10.1 Å². The average molecular weight is 465 g/mol. The lowest BCUT2D eigenvalue weighted by atomic mass is 10.0. The summed E-state index contributed by atoms with van der Waals surface area (Å²) in [7, 11) is 0. The Bertz CT molecular complexity index is 1300. The number of nitrogens with one attached hydrogen (secondary N) is 1. The van der Waals surface area contributed by atoms with Crippen LogP contribution in [0.4, 0.5) is 5.69 Å². The minimum Gasteiger partial charge on any atom is -0.459 e. The van der Waals surface area contributed by atoms with Crippen molar-refractivity contribution in [2.75, 3.05) is 5.32 Å². The summed E-state index contributed by atoms with van der Waals surface area (Å²) in [4.78, 5) is 31.0. The number of pyridine rings is 1. The van der Waals surface area contributed by atoms with Crippen LogP contribution in [-0.4, -0.2) is 23.0 Å². The van der Waals surface area contributed by atoms with E-state index in [9.17, 15) is 9.59 Å². The van der Waals surface area contributed by atoms with E-state index in [1.807, 2.05) is 30.5 Å². The van der Waals surface area contributed by atoms with Gasteiger partial charge in [-0.2, -0.15) is 0 Å². The number of nitrogens with zero attached hydrogens (tertiary/aromatic N) is 1. The smallest absolute Gasteiger partial charge is 0.338 e. The summed E-state index contributed by atoms with van der Waals surface area (Å²) >= 11 is 7.88. The first kappa shape index (κ1) is 22.0. The Morgan fingerprint density at radius 3 is 2.50 bits per heavy atom. The van der Waals surface area contributed by atoms with Crippen LogP contribution in [0.25, 0.3) is 21.5 Å². The highest BCUT2D eigenvalue weighted by Gasteiger charge is 2.17. The van der Waals surface area contributed by atoms with Gasteiger partial charge in [0, 0.05) is 16.1 Å². The van der Waals surface area contributed by atoms with Crippen LogP contribution in [0.15, 0.2) is 60.0 Å². The van der Waals surface area contributed by atoms with Gasteiger partial charge in [-0.15, -0.1) is 11.3 Å². The van der Waals surface area contributed by atoms with E-state index in [0.29, 0.717) is 27.4 Å². The number of fused-ring (bicyclic) bond motifs is 1. The molecule has 0 aliphatic rings. The second kappa shape index (κ2) is 9.10. The third kappa shape index (κ3) is 4.52. The molecule has 1 N–H and O–H groups in total. The van der Waals surface area contributed by atoms with Gasteiger partial charge in [0.2, 0.25) is 0 Å². The van der Waals surface area contributed by atoms with Gasteiger partial charge >= 0.3 is 5.97 Å². The van der Waals surface area contributed by atoms with Crippen LogP contribution >= 0.6 is 22.9 Å². The van der Waals surface area contributed by atoms with Crippen LogP contribution in [0.5, 0.6) is 0 Å². The van der Waals surface area contributed by atoms with Gasteiger partial charge in [-0.3, -0.25) is 4.79 Å². The fourth-order valence-corrected chi connectivity index (χ4v) is 4.15. The predicted molar refractivity (Wildman–Crippen MR) is 130 cm³/mol. The van der Waals surface area contributed by atoms with Gasteiger partial charge in [0.25, 0.3) is 5.91 Å². The number of aromatic nitrogens is 1. The first-order chi connectivity index (χ1) is 15.3. The fourth-order valence-electron chi connectivity index (χ4n) is 3.31. The molecule has 2 aromatic carbocycles. The molecule has 0 saturated heterocycles. The lowest BCUT2D eigenvalue weighted by Gasteiger charge is -2.13. The number of esters is 1. The number of halogens is 1. The van der Waals surface area contributed by atoms with E-state index in [4.69, 9.17) is 21.3 Å². The molecule has 5 nitrogen and oxygen atoms in total. The molecule has 7 heteroatoms. The molecule has 2 heterocycles. The second-order valence-corrected chi connectivity index (χ2v) is 8.94. The van der Waals surface area contributed by atoms with Crippen molar-refractivity contribution in [3.8, 4) is 10.6 Å². The van der Waals surface area contributed by atoms with Gasteiger partial charge in [-0.05, 0) is 74.2 Å². The summed E-state index contributed by atoms with van der Waals surface area (Å²) in [6.07, 6.45) is -0.198. The van der Waals surface area contributed by atoms with Gasteiger partial charge in [-0.25, -0.2) is 9.78 Å². The van der Waals surface area contributed by atoms with Crippen molar-refractivity contribution in [2.45, 2.75) is 26.9 Å². The Kier molecular flexibility index (Phi) is 6.26. The quantitative estimate of drug-likeness (QED) is 0.332. The van der Waals surface area contributed by atoms with Crippen LogP contribution < -0.4 is 5.32 Å². The fraction of sp³-hybridized carbons (Fsp3) is 0.160. The topological polar surface area (TPSA) is 68.3 Å². The summed E-state index contributed by atoms with van der Waals surface area (Å²) in [5, 5.41) is 6.21. The number of amides is 1. The molecule has 0 radical (unpaired) electrons. The number of rotatable bonds is 5. The molecule has 162 valence electrons. The SMILES string of the molecule is Cc1c(Cl)ccc2c(C(=O)Nc3ccc(C(=O)OC(C)C)cc3)cc(-c3cccs3)nc12. The first-order valence-corrected chi connectivity index (χ1v) is 11.4. The van der Waals surface area contributed by atoms with Crippen LogP contribution in [-0.2, 0) is 4.74 Å². The summed E-state index contributed by atoms with van der Waals surface area (Å²) in [6.45, 7) is 5.49. The van der Waals surface area contributed by atoms with Crippen LogP contribution in [0.3, 0.4) is 0 Å². The van der Waals surface area contributed by atoms with Crippen LogP contribution in [0.1, 0.15) is 40.1 Å². The van der Waals surface area contributed by atoms with Crippen LogP contribution in [0, 0.1) is 6.92 Å². The molecule has 0 spiro atoms. The molecule has 0 fully saturated rings. The van der Waals surface area contributed by atoms with Crippen molar-refractivity contribution in [3.63, 3.8) is 0 Å². The van der Waals surface area contributed by atoms with Gasteiger partial charge in [-0.1, -0.05) is 23.7 Å². The van der Waals surface area contributed by atoms with Crippen molar-refractivity contribution < 1.29 is 14.3 Å². The molecule has 0 unspecified atom stereocenters. The zero-order valence-corrected chi connectivity index (χ0v) is 19.4. The lowest BCUT2D eigenvalue weighted by molar-refractivity contribution is 0.0378. The minimum absolute atomic E-state index is 0.198. The number of ether oxygens (including phenoxy) is 1. The standard InChI is InChI=1S/C25H21ClN2O3S/c1-14(2)31-25(30)16-6-8-17(9-7-16)27-24(29)19-13-21(22-5-4-12-32-22)28-23-15(3)20(26)11-10-18(19)23/h4-14H,1-3H3,(H,27,29). The van der Waals surface area contributed by atoms with Gasteiger partial charge in [0.1, 0.15) is 0 Å². The van der Waals surface area contributed by atoms with Crippen LogP contribution in [0.2, 0.25) is 5.02 Å². The molecule has 1 amide bonds. The summed E-state index contributed by atoms with van der Waals surface area (Å²) in [5.74, 6) is -0.666. The van der Waals surface area contributed by atoms with E-state index >= 15 is 0 Å². The monoisotopic (exact) mass is 464 g/mol. The van der Waals surface area contributed by atoms with Crippen molar-refractivity contribution in [3.05, 3.63) is 81.7 Å². The average Bonchev–Trinajstić information content (AvgIpc) is 3.30. The number of aryl methyl sites for hydroxylation is 1. The molecule has 0 aliphatic heterocycles. The highest BCUT2D eigenvalue weighted by Crippen LogP contribution is 2.32. The maximum atomic E-state index is 13.3. The Morgan fingerprint density at radius 2 is 1.84 bits per heavy atom. The van der Waals surface area contributed by atoms with E-state index < -0.39 is 5.97 Å². The zero-order valence-electron chi connectivity index (χ0n) is 17.8. The van der Waals surface area contributed by atoms with Gasteiger partial charge in [0.05, 0.1) is 33.3 Å². The number of anilines is 1. The highest BCUT2D eigenvalue weighted by atomic mass is 35.5. The van der Waals surface area contributed by atoms with E-state index in [0.717, 1.165) is 21.5 Å². The summed E-state index contributed by atoms with van der Waals surface area (Å²) in [6, 6.07) is 15.9. The molecule has 0 atom stereocenters. The Morgan fingerprint density at radius 1 is 1.09 bits per heavy atom. The molecule has 0 saturated carbocycles. The van der Waals surface area contributed by atoms with E-state index in [2.05, 4.69) is 5.32 Å². The predicted octanol–water partition coefficient (Wildman–Crippen LogP) is 6.74. The third-order valence-electron chi connectivity index (χ3n) is 4.91. The Labute approximate surface area is 195 Å². The first-order valence-electron chi connectivity index (χ1n) is 10.1.